The SMILES string of the molecule is CCOC(c1nc(CN)cc(=O)[nH]1)C1CCCCC1. The summed E-state index contributed by atoms with van der Waals surface area (Å²) in [5.74, 6) is 1.09. The molecule has 1 aliphatic rings. The highest BCUT2D eigenvalue weighted by molar-refractivity contribution is 5.05. The van der Waals surface area contributed by atoms with E-state index in [1.807, 2.05) is 6.92 Å². The van der Waals surface area contributed by atoms with Crippen molar-refractivity contribution >= 4 is 0 Å². The number of nitrogens with zero attached hydrogens (tertiary/aromatic N) is 1. The molecule has 0 aliphatic heterocycles. The monoisotopic (exact) mass is 265 g/mol. The third-order valence-corrected chi connectivity index (χ3v) is 3.72. The van der Waals surface area contributed by atoms with E-state index in [1.165, 1.54) is 25.3 Å². The second kappa shape index (κ2) is 6.82. The van der Waals surface area contributed by atoms with Crippen molar-refractivity contribution in [3.63, 3.8) is 0 Å². The van der Waals surface area contributed by atoms with Gasteiger partial charge in [-0.1, -0.05) is 19.3 Å². The fourth-order valence-electron chi connectivity index (χ4n) is 2.82. The van der Waals surface area contributed by atoms with Gasteiger partial charge < -0.3 is 15.5 Å². The molecule has 106 valence electrons. The predicted octanol–water partition coefficient (Wildman–Crippen LogP) is 1.89. The van der Waals surface area contributed by atoms with Gasteiger partial charge in [0.1, 0.15) is 11.9 Å². The second-order valence-electron chi connectivity index (χ2n) is 5.10. The lowest BCUT2D eigenvalue weighted by Gasteiger charge is -2.29. The Balaban J connectivity index is 2.26. The number of aromatic amines is 1. The van der Waals surface area contributed by atoms with Crippen molar-refractivity contribution in [2.75, 3.05) is 6.61 Å². The first-order valence-corrected chi connectivity index (χ1v) is 7.16. The zero-order valence-electron chi connectivity index (χ0n) is 11.5. The van der Waals surface area contributed by atoms with E-state index in [4.69, 9.17) is 10.5 Å². The zero-order chi connectivity index (χ0) is 13.7. The minimum atomic E-state index is -0.147. The van der Waals surface area contributed by atoms with E-state index in [1.54, 1.807) is 0 Å². The number of nitrogens with two attached hydrogens (primary N) is 1. The van der Waals surface area contributed by atoms with Crippen molar-refractivity contribution in [2.24, 2.45) is 11.7 Å². The summed E-state index contributed by atoms with van der Waals surface area (Å²) < 4.78 is 5.85. The Morgan fingerprint density at radius 1 is 1.47 bits per heavy atom. The highest BCUT2D eigenvalue weighted by atomic mass is 16.5. The number of aromatic nitrogens is 2. The molecule has 0 spiro atoms. The zero-order valence-corrected chi connectivity index (χ0v) is 11.5. The van der Waals surface area contributed by atoms with E-state index >= 15 is 0 Å². The van der Waals surface area contributed by atoms with Crippen LogP contribution in [0.3, 0.4) is 0 Å². The quantitative estimate of drug-likeness (QED) is 0.851. The Morgan fingerprint density at radius 2 is 2.21 bits per heavy atom. The minimum Gasteiger partial charge on any atom is -0.370 e. The van der Waals surface area contributed by atoms with Gasteiger partial charge in [0.2, 0.25) is 0 Å². The average molecular weight is 265 g/mol. The summed E-state index contributed by atoms with van der Waals surface area (Å²) in [7, 11) is 0. The molecule has 1 aromatic heterocycles. The molecule has 1 atom stereocenters. The van der Waals surface area contributed by atoms with Crippen molar-refractivity contribution in [2.45, 2.75) is 51.7 Å². The maximum Gasteiger partial charge on any atom is 0.251 e. The molecule has 5 heteroatoms. The summed E-state index contributed by atoms with van der Waals surface area (Å²) in [6, 6.07) is 1.45. The normalized spacial score (nSPS) is 18.4. The lowest BCUT2D eigenvalue weighted by Crippen LogP contribution is -2.25. The third kappa shape index (κ3) is 3.64. The van der Waals surface area contributed by atoms with Crippen LogP contribution in [-0.4, -0.2) is 16.6 Å². The van der Waals surface area contributed by atoms with Crippen LogP contribution in [0.1, 0.15) is 56.7 Å². The van der Waals surface area contributed by atoms with Gasteiger partial charge in [0, 0.05) is 19.2 Å². The molecule has 1 heterocycles. The molecule has 2 rings (SSSR count). The molecule has 1 aliphatic carbocycles. The van der Waals surface area contributed by atoms with Crippen LogP contribution in [0.5, 0.6) is 0 Å². The van der Waals surface area contributed by atoms with Gasteiger partial charge in [-0.15, -0.1) is 0 Å². The molecular formula is C14H23N3O2. The van der Waals surface area contributed by atoms with Crippen molar-refractivity contribution in [1.82, 2.24) is 9.97 Å². The van der Waals surface area contributed by atoms with Crippen LogP contribution in [-0.2, 0) is 11.3 Å². The van der Waals surface area contributed by atoms with Gasteiger partial charge in [0.05, 0.1) is 5.69 Å². The van der Waals surface area contributed by atoms with Gasteiger partial charge in [-0.25, -0.2) is 4.98 Å². The van der Waals surface area contributed by atoms with E-state index in [2.05, 4.69) is 9.97 Å². The molecular weight excluding hydrogens is 242 g/mol. The summed E-state index contributed by atoms with van der Waals surface area (Å²) in [5, 5.41) is 0. The fraction of sp³-hybridized carbons (Fsp3) is 0.714. The maximum atomic E-state index is 11.7. The Kier molecular flexibility index (Phi) is 5.10. The lowest BCUT2D eigenvalue weighted by atomic mass is 9.85. The first-order valence-electron chi connectivity index (χ1n) is 7.16. The number of nitrogens with one attached hydrogen (secondary N) is 1. The van der Waals surface area contributed by atoms with Crippen LogP contribution in [0.25, 0.3) is 0 Å². The molecule has 0 saturated heterocycles. The molecule has 0 amide bonds. The summed E-state index contributed by atoms with van der Waals surface area (Å²) in [5.41, 5.74) is 6.06. The van der Waals surface area contributed by atoms with Crippen LogP contribution >= 0.6 is 0 Å². The smallest absolute Gasteiger partial charge is 0.251 e. The molecule has 3 N–H and O–H groups in total. The van der Waals surface area contributed by atoms with Gasteiger partial charge in [0.25, 0.3) is 5.56 Å². The van der Waals surface area contributed by atoms with Crippen LogP contribution in [0.2, 0.25) is 0 Å². The minimum absolute atomic E-state index is 0.107. The summed E-state index contributed by atoms with van der Waals surface area (Å²) in [6.07, 6.45) is 5.93. The molecule has 1 saturated carbocycles. The predicted molar refractivity (Wildman–Crippen MR) is 73.7 cm³/mol. The highest BCUT2D eigenvalue weighted by Crippen LogP contribution is 2.35. The van der Waals surface area contributed by atoms with Crippen LogP contribution in [0, 0.1) is 5.92 Å². The van der Waals surface area contributed by atoms with Gasteiger partial charge >= 0.3 is 0 Å². The fourth-order valence-corrected chi connectivity index (χ4v) is 2.82. The average Bonchev–Trinajstić information content (AvgIpc) is 2.45. The Labute approximate surface area is 113 Å². The third-order valence-electron chi connectivity index (χ3n) is 3.72. The van der Waals surface area contributed by atoms with Crippen molar-refractivity contribution < 1.29 is 4.74 Å². The summed E-state index contributed by atoms with van der Waals surface area (Å²) in [6.45, 7) is 2.87. The first-order chi connectivity index (χ1) is 9.24. The molecule has 19 heavy (non-hydrogen) atoms. The molecule has 0 bridgehead atoms. The largest absolute Gasteiger partial charge is 0.370 e. The molecule has 5 nitrogen and oxygen atoms in total. The number of hydrogen-bond donors (Lipinski definition) is 2. The van der Waals surface area contributed by atoms with Crippen LogP contribution in [0.15, 0.2) is 10.9 Å². The molecule has 1 aromatic rings. The van der Waals surface area contributed by atoms with Crippen molar-refractivity contribution in [3.8, 4) is 0 Å². The maximum absolute atomic E-state index is 11.7. The Hall–Kier alpha value is -1.20. The van der Waals surface area contributed by atoms with Crippen molar-refractivity contribution in [3.05, 3.63) is 27.9 Å². The molecule has 1 unspecified atom stereocenters. The topological polar surface area (TPSA) is 81.0 Å². The number of ether oxygens (including phenoxy) is 1. The standard InChI is InChI=1S/C14H23N3O2/c1-2-19-13(10-6-4-3-5-7-10)14-16-11(9-15)8-12(18)17-14/h8,10,13H,2-7,9,15H2,1H3,(H,16,17,18). The van der Waals surface area contributed by atoms with Gasteiger partial charge in [-0.3, -0.25) is 4.79 Å². The van der Waals surface area contributed by atoms with E-state index in [9.17, 15) is 4.79 Å². The van der Waals surface area contributed by atoms with Crippen LogP contribution in [0.4, 0.5) is 0 Å². The summed E-state index contributed by atoms with van der Waals surface area (Å²) >= 11 is 0. The van der Waals surface area contributed by atoms with E-state index in [0.29, 0.717) is 24.0 Å². The molecule has 0 aromatic carbocycles. The van der Waals surface area contributed by atoms with Gasteiger partial charge in [0.15, 0.2) is 0 Å². The Bertz CT molecular complexity index is 452. The van der Waals surface area contributed by atoms with E-state index in [-0.39, 0.29) is 18.2 Å². The van der Waals surface area contributed by atoms with Crippen LogP contribution < -0.4 is 11.3 Å². The van der Waals surface area contributed by atoms with E-state index in [0.717, 1.165) is 12.8 Å². The number of hydrogen-bond acceptors (Lipinski definition) is 4. The lowest BCUT2D eigenvalue weighted by molar-refractivity contribution is -0.000472. The van der Waals surface area contributed by atoms with Gasteiger partial charge in [-0.2, -0.15) is 0 Å². The van der Waals surface area contributed by atoms with Crippen molar-refractivity contribution in [1.29, 1.82) is 0 Å². The Morgan fingerprint density at radius 3 is 2.84 bits per heavy atom. The summed E-state index contributed by atoms with van der Waals surface area (Å²) in [4.78, 5) is 18.9. The molecule has 1 fully saturated rings. The second-order valence-corrected chi connectivity index (χ2v) is 5.10. The number of rotatable bonds is 5. The van der Waals surface area contributed by atoms with E-state index < -0.39 is 0 Å². The highest BCUT2D eigenvalue weighted by Gasteiger charge is 2.27. The first kappa shape index (κ1) is 14.2. The van der Waals surface area contributed by atoms with Gasteiger partial charge in [-0.05, 0) is 25.7 Å². The number of H-pyrrole nitrogens is 1. The molecule has 0 radical (unpaired) electrons.